The molecule has 3 rings (SSSR count). The predicted molar refractivity (Wildman–Crippen MR) is 110 cm³/mol. The van der Waals surface area contributed by atoms with E-state index in [-0.39, 0.29) is 24.8 Å². The van der Waals surface area contributed by atoms with Gasteiger partial charge in [0.1, 0.15) is 5.75 Å². The summed E-state index contributed by atoms with van der Waals surface area (Å²) in [6.07, 6.45) is 0.114. The highest BCUT2D eigenvalue weighted by Crippen LogP contribution is 2.35. The summed E-state index contributed by atoms with van der Waals surface area (Å²) in [6.45, 7) is 0.559. The Balaban J connectivity index is 1.61. The van der Waals surface area contributed by atoms with Gasteiger partial charge < -0.3 is 26.0 Å². The molecule has 2 aromatic rings. The number of benzene rings is 2. The summed E-state index contributed by atoms with van der Waals surface area (Å²) >= 11 is 6.05. The van der Waals surface area contributed by atoms with Crippen LogP contribution in [0.4, 0.5) is 16.2 Å². The van der Waals surface area contributed by atoms with Gasteiger partial charge in [0.15, 0.2) is 0 Å². The Morgan fingerprint density at radius 1 is 1.24 bits per heavy atom. The summed E-state index contributed by atoms with van der Waals surface area (Å²) in [4.78, 5) is 37.4. The minimum atomic E-state index is -0.641. The lowest BCUT2D eigenvalue weighted by molar-refractivity contribution is -0.126. The van der Waals surface area contributed by atoms with Gasteiger partial charge in [0.05, 0.1) is 18.7 Å². The number of primary amides is 1. The Hall–Kier alpha value is -3.26. The van der Waals surface area contributed by atoms with Crippen LogP contribution < -0.4 is 26.0 Å². The molecule has 0 spiro atoms. The number of anilines is 2. The molecule has 0 bridgehead atoms. The van der Waals surface area contributed by atoms with Gasteiger partial charge in [-0.25, -0.2) is 4.79 Å². The van der Waals surface area contributed by atoms with E-state index < -0.39 is 11.9 Å². The molecule has 2 aromatic carbocycles. The molecule has 8 nitrogen and oxygen atoms in total. The number of amides is 4. The zero-order chi connectivity index (χ0) is 21.0. The number of hydrogen-bond acceptors (Lipinski definition) is 4. The number of halogens is 1. The zero-order valence-electron chi connectivity index (χ0n) is 15.8. The number of hydrogen-bond donors (Lipinski definition) is 3. The third-order valence-electron chi connectivity index (χ3n) is 4.62. The first-order chi connectivity index (χ1) is 13.9. The lowest BCUT2D eigenvalue weighted by Crippen LogP contribution is -2.32. The maximum atomic E-state index is 12.6. The van der Waals surface area contributed by atoms with Gasteiger partial charge in [-0.05, 0) is 35.9 Å². The van der Waals surface area contributed by atoms with Crippen LogP contribution in [0, 0.1) is 5.92 Å². The van der Waals surface area contributed by atoms with E-state index in [9.17, 15) is 14.4 Å². The highest BCUT2D eigenvalue weighted by Gasteiger charge is 2.36. The molecule has 1 heterocycles. The summed E-state index contributed by atoms with van der Waals surface area (Å²) in [6, 6.07) is 11.3. The van der Waals surface area contributed by atoms with E-state index in [0.717, 1.165) is 5.56 Å². The van der Waals surface area contributed by atoms with Crippen LogP contribution in [0.5, 0.6) is 5.75 Å². The quantitative estimate of drug-likeness (QED) is 0.671. The summed E-state index contributed by atoms with van der Waals surface area (Å²) in [5.74, 6) is -0.316. The first-order valence-electron chi connectivity index (χ1n) is 8.94. The molecule has 29 heavy (non-hydrogen) atoms. The van der Waals surface area contributed by atoms with Gasteiger partial charge in [0, 0.05) is 30.2 Å². The van der Waals surface area contributed by atoms with E-state index in [2.05, 4.69) is 10.6 Å². The van der Waals surface area contributed by atoms with Gasteiger partial charge in [0.2, 0.25) is 11.8 Å². The standard InChI is InChI=1S/C20H21ClN4O4/c1-29-17-7-4-14(21)9-16(17)25-11-13(8-18(25)26)19(27)23-10-12-2-5-15(6-3-12)24-20(22)28/h2-7,9,13H,8,10-11H2,1H3,(H,23,27)(H3,22,24,28). The average Bonchev–Trinajstić information content (AvgIpc) is 3.08. The van der Waals surface area contributed by atoms with Crippen molar-refractivity contribution in [1.82, 2.24) is 5.32 Å². The summed E-state index contributed by atoms with van der Waals surface area (Å²) in [5.41, 5.74) is 7.04. The second-order valence-electron chi connectivity index (χ2n) is 6.63. The summed E-state index contributed by atoms with van der Waals surface area (Å²) < 4.78 is 5.31. The smallest absolute Gasteiger partial charge is 0.316 e. The Bertz CT molecular complexity index is 933. The molecule has 1 atom stereocenters. The van der Waals surface area contributed by atoms with Gasteiger partial charge in [-0.15, -0.1) is 0 Å². The fourth-order valence-corrected chi connectivity index (χ4v) is 3.34. The second-order valence-corrected chi connectivity index (χ2v) is 7.06. The highest BCUT2D eigenvalue weighted by atomic mass is 35.5. The molecular weight excluding hydrogens is 396 g/mol. The highest BCUT2D eigenvalue weighted by molar-refractivity contribution is 6.31. The molecular formula is C20H21ClN4O4. The molecule has 0 radical (unpaired) electrons. The maximum absolute atomic E-state index is 12.6. The van der Waals surface area contributed by atoms with Crippen LogP contribution in [-0.2, 0) is 16.1 Å². The van der Waals surface area contributed by atoms with Crippen molar-refractivity contribution in [3.05, 3.63) is 53.1 Å². The van der Waals surface area contributed by atoms with E-state index in [1.807, 2.05) is 0 Å². The summed E-state index contributed by atoms with van der Waals surface area (Å²) in [5, 5.41) is 5.80. The van der Waals surface area contributed by atoms with Crippen molar-refractivity contribution in [2.24, 2.45) is 11.7 Å². The van der Waals surface area contributed by atoms with Crippen molar-refractivity contribution < 1.29 is 19.1 Å². The monoisotopic (exact) mass is 416 g/mol. The van der Waals surface area contributed by atoms with Crippen LogP contribution in [0.1, 0.15) is 12.0 Å². The van der Waals surface area contributed by atoms with Crippen molar-refractivity contribution in [2.75, 3.05) is 23.9 Å². The van der Waals surface area contributed by atoms with Crippen LogP contribution >= 0.6 is 11.6 Å². The normalized spacial score (nSPS) is 15.9. The molecule has 1 unspecified atom stereocenters. The molecule has 0 aromatic heterocycles. The van der Waals surface area contributed by atoms with Crippen LogP contribution in [-0.4, -0.2) is 31.5 Å². The Kier molecular flexibility index (Phi) is 6.23. The van der Waals surface area contributed by atoms with Crippen molar-refractivity contribution in [2.45, 2.75) is 13.0 Å². The molecule has 152 valence electrons. The Morgan fingerprint density at radius 2 is 1.97 bits per heavy atom. The van der Waals surface area contributed by atoms with E-state index in [1.54, 1.807) is 42.5 Å². The number of carbonyl (C=O) groups excluding carboxylic acids is 3. The van der Waals surface area contributed by atoms with E-state index in [1.165, 1.54) is 12.0 Å². The largest absolute Gasteiger partial charge is 0.495 e. The Morgan fingerprint density at radius 3 is 2.62 bits per heavy atom. The zero-order valence-corrected chi connectivity index (χ0v) is 16.5. The van der Waals surface area contributed by atoms with Crippen molar-refractivity contribution in [1.29, 1.82) is 0 Å². The first-order valence-corrected chi connectivity index (χ1v) is 9.32. The molecule has 1 aliphatic rings. The van der Waals surface area contributed by atoms with E-state index >= 15 is 0 Å². The lowest BCUT2D eigenvalue weighted by atomic mass is 10.1. The number of ether oxygens (including phenoxy) is 1. The number of carbonyl (C=O) groups is 3. The number of nitrogens with one attached hydrogen (secondary N) is 2. The van der Waals surface area contributed by atoms with Crippen LogP contribution in [0.2, 0.25) is 5.02 Å². The summed E-state index contributed by atoms with van der Waals surface area (Å²) in [7, 11) is 1.52. The minimum absolute atomic E-state index is 0.114. The van der Waals surface area contributed by atoms with Crippen LogP contribution in [0.3, 0.4) is 0 Å². The Labute approximate surface area is 173 Å². The fourth-order valence-electron chi connectivity index (χ4n) is 3.17. The van der Waals surface area contributed by atoms with Gasteiger partial charge in [0.25, 0.3) is 0 Å². The van der Waals surface area contributed by atoms with Gasteiger partial charge in [-0.1, -0.05) is 23.7 Å². The number of rotatable bonds is 6. The van der Waals surface area contributed by atoms with E-state index in [0.29, 0.717) is 28.7 Å². The molecule has 0 saturated carbocycles. The molecule has 1 saturated heterocycles. The SMILES string of the molecule is COc1ccc(Cl)cc1N1CC(C(=O)NCc2ccc(NC(N)=O)cc2)CC1=O. The molecule has 0 aliphatic carbocycles. The molecule has 4 N–H and O–H groups in total. The number of nitrogens with two attached hydrogens (primary N) is 1. The fraction of sp³-hybridized carbons (Fsp3) is 0.250. The molecule has 9 heteroatoms. The van der Waals surface area contributed by atoms with Gasteiger partial charge in [-0.3, -0.25) is 9.59 Å². The first kappa shape index (κ1) is 20.5. The molecule has 1 aliphatic heterocycles. The predicted octanol–water partition coefficient (Wildman–Crippen LogP) is 2.51. The van der Waals surface area contributed by atoms with Crippen molar-refractivity contribution in [3.8, 4) is 5.75 Å². The third-order valence-corrected chi connectivity index (χ3v) is 4.85. The van der Waals surface area contributed by atoms with Gasteiger partial charge >= 0.3 is 6.03 Å². The van der Waals surface area contributed by atoms with Crippen LogP contribution in [0.25, 0.3) is 0 Å². The lowest BCUT2D eigenvalue weighted by Gasteiger charge is -2.20. The second kappa shape index (κ2) is 8.83. The average molecular weight is 417 g/mol. The molecule has 4 amide bonds. The topological polar surface area (TPSA) is 114 Å². The minimum Gasteiger partial charge on any atom is -0.495 e. The number of nitrogens with zero attached hydrogens (tertiary/aromatic N) is 1. The van der Waals surface area contributed by atoms with Crippen LogP contribution in [0.15, 0.2) is 42.5 Å². The van der Waals surface area contributed by atoms with Crippen molar-refractivity contribution >= 4 is 40.8 Å². The maximum Gasteiger partial charge on any atom is 0.316 e. The van der Waals surface area contributed by atoms with Gasteiger partial charge in [-0.2, -0.15) is 0 Å². The third kappa shape index (κ3) is 4.97. The number of urea groups is 1. The van der Waals surface area contributed by atoms with E-state index in [4.69, 9.17) is 22.1 Å². The van der Waals surface area contributed by atoms with Crippen molar-refractivity contribution in [3.63, 3.8) is 0 Å². The number of methoxy groups -OCH3 is 1. The molecule has 1 fully saturated rings.